The maximum Gasteiger partial charge on any atom is 0.222 e. The van der Waals surface area contributed by atoms with Gasteiger partial charge in [0.15, 0.2) is 0 Å². The largest absolute Gasteiger partial charge is 0.324 e. The minimum atomic E-state index is -2.12. The van der Waals surface area contributed by atoms with E-state index in [2.05, 4.69) is 94.3 Å². The van der Waals surface area contributed by atoms with Crippen LogP contribution in [0.5, 0.6) is 0 Å². The van der Waals surface area contributed by atoms with Crippen LogP contribution in [-0.2, 0) is 0 Å². The number of para-hydroxylation sites is 2. The predicted molar refractivity (Wildman–Crippen MR) is 95.8 cm³/mol. The van der Waals surface area contributed by atoms with Gasteiger partial charge in [0, 0.05) is 34.4 Å². The van der Waals surface area contributed by atoms with Crippen molar-refractivity contribution in [1.82, 2.24) is 9.13 Å². The van der Waals surface area contributed by atoms with E-state index in [0.29, 0.717) is 0 Å². The molecule has 0 saturated heterocycles. The third kappa shape index (κ3) is 1.12. The summed E-state index contributed by atoms with van der Waals surface area (Å²) in [4.78, 5) is 0. The first-order valence-corrected chi connectivity index (χ1v) is 9.98. The molecule has 0 unspecified atom stereocenters. The molecule has 0 fully saturated rings. The molecule has 0 radical (unpaired) electrons. The highest BCUT2D eigenvalue weighted by Gasteiger charge is 2.55. The van der Waals surface area contributed by atoms with Crippen molar-refractivity contribution in [2.45, 2.75) is 0 Å². The van der Waals surface area contributed by atoms with Crippen LogP contribution in [0, 0.1) is 0 Å². The first-order valence-electron chi connectivity index (χ1n) is 7.98. The molecule has 108 valence electrons. The van der Waals surface area contributed by atoms with E-state index in [1.165, 1.54) is 32.4 Å². The Hall–Kier alpha value is -2.78. The smallest absolute Gasteiger partial charge is 0.222 e. The lowest BCUT2D eigenvalue weighted by molar-refractivity contribution is 1.14. The molecule has 0 N–H and O–H groups in total. The number of nitrogens with zero attached hydrogens (tertiary/aromatic N) is 2. The maximum atomic E-state index is 2.40. The summed E-state index contributed by atoms with van der Waals surface area (Å²) < 4.78 is 4.81. The molecule has 0 bridgehead atoms. The first-order chi connectivity index (χ1) is 11.4. The van der Waals surface area contributed by atoms with Crippen LogP contribution in [0.2, 0.25) is 0 Å². The molecule has 0 amide bonds. The van der Waals surface area contributed by atoms with Gasteiger partial charge in [-0.05, 0) is 46.8 Å². The van der Waals surface area contributed by atoms with Gasteiger partial charge in [-0.25, -0.2) is 0 Å². The minimum absolute atomic E-state index is 1.35. The standard InChI is InChI=1S/C20H14N2Si/c1-3-9-17-15(7-1)21-13-5-11-19(21)23(17)18-10-4-2-8-16(18)22-14-6-12-20(22)23/h1-14H. The van der Waals surface area contributed by atoms with Crippen LogP contribution in [0.4, 0.5) is 0 Å². The van der Waals surface area contributed by atoms with Crippen LogP contribution < -0.4 is 21.0 Å². The monoisotopic (exact) mass is 310 g/mol. The van der Waals surface area contributed by atoms with Crippen LogP contribution >= 0.6 is 0 Å². The van der Waals surface area contributed by atoms with Gasteiger partial charge in [-0.15, -0.1) is 0 Å². The quantitative estimate of drug-likeness (QED) is 0.374. The highest BCUT2D eigenvalue weighted by atomic mass is 28.3. The van der Waals surface area contributed by atoms with E-state index in [1.807, 2.05) is 0 Å². The first kappa shape index (κ1) is 11.7. The zero-order chi connectivity index (χ0) is 15.0. The molecule has 0 aliphatic carbocycles. The zero-order valence-electron chi connectivity index (χ0n) is 12.5. The molecule has 2 nitrogen and oxygen atoms in total. The highest BCUT2D eigenvalue weighted by molar-refractivity contribution is 7.21. The second-order valence-electron chi connectivity index (χ2n) is 6.31. The minimum Gasteiger partial charge on any atom is -0.324 e. The molecule has 0 atom stereocenters. The summed E-state index contributed by atoms with van der Waals surface area (Å²) in [6.07, 6.45) is 4.42. The van der Waals surface area contributed by atoms with E-state index in [4.69, 9.17) is 0 Å². The Morgan fingerprint density at radius 1 is 0.522 bits per heavy atom. The summed E-state index contributed by atoms with van der Waals surface area (Å²) in [7, 11) is -2.12. The average Bonchev–Trinajstić information content (AvgIpc) is 3.33. The van der Waals surface area contributed by atoms with Crippen LogP contribution in [-0.4, -0.2) is 17.2 Å². The van der Waals surface area contributed by atoms with Gasteiger partial charge in [0.1, 0.15) is 0 Å². The Balaban J connectivity index is 1.89. The normalized spacial score (nSPS) is 15.3. The summed E-state index contributed by atoms with van der Waals surface area (Å²) in [5, 5.41) is 5.98. The topological polar surface area (TPSA) is 9.86 Å². The fraction of sp³-hybridized carbons (Fsp3) is 0. The van der Waals surface area contributed by atoms with E-state index >= 15 is 0 Å². The fourth-order valence-corrected chi connectivity index (χ4v) is 9.95. The zero-order valence-corrected chi connectivity index (χ0v) is 13.5. The van der Waals surface area contributed by atoms with Crippen molar-refractivity contribution in [3.05, 3.63) is 85.2 Å². The molecule has 23 heavy (non-hydrogen) atoms. The SMILES string of the molecule is c1ccc2c(c1)-n1cccc1[Si]21c2ccccc2-n2cccc21. The number of benzene rings is 2. The molecule has 0 saturated carbocycles. The lowest BCUT2D eigenvalue weighted by atomic mass is 10.3. The summed E-state index contributed by atoms with van der Waals surface area (Å²) in [5.41, 5.74) is 2.70. The number of hydrogen-bond donors (Lipinski definition) is 0. The van der Waals surface area contributed by atoms with Gasteiger partial charge < -0.3 is 9.13 Å². The molecule has 6 rings (SSSR count). The van der Waals surface area contributed by atoms with E-state index < -0.39 is 8.07 Å². The van der Waals surface area contributed by atoms with E-state index in [9.17, 15) is 0 Å². The lowest BCUT2D eigenvalue weighted by Crippen LogP contribution is -2.71. The van der Waals surface area contributed by atoms with Crippen LogP contribution in [0.15, 0.2) is 85.2 Å². The third-order valence-electron chi connectivity index (χ3n) is 5.40. The molecule has 4 heterocycles. The van der Waals surface area contributed by atoms with Gasteiger partial charge in [0.05, 0.1) is 0 Å². The second kappa shape index (κ2) is 3.75. The summed E-state index contributed by atoms with van der Waals surface area (Å²) >= 11 is 0. The van der Waals surface area contributed by atoms with Crippen LogP contribution in [0.1, 0.15) is 0 Å². The number of hydrogen-bond acceptors (Lipinski definition) is 0. The average molecular weight is 310 g/mol. The Labute approximate surface area is 135 Å². The van der Waals surface area contributed by atoms with E-state index in [1.54, 1.807) is 0 Å². The maximum absolute atomic E-state index is 2.40. The van der Waals surface area contributed by atoms with Gasteiger partial charge in [0.25, 0.3) is 0 Å². The molecular weight excluding hydrogens is 296 g/mol. The summed E-state index contributed by atoms with van der Waals surface area (Å²) in [5.74, 6) is 0. The van der Waals surface area contributed by atoms with Crippen molar-refractivity contribution < 1.29 is 0 Å². The Morgan fingerprint density at radius 2 is 1.00 bits per heavy atom. The van der Waals surface area contributed by atoms with Crippen LogP contribution in [0.3, 0.4) is 0 Å². The predicted octanol–water partition coefficient (Wildman–Crippen LogP) is 1.27. The number of rotatable bonds is 0. The van der Waals surface area contributed by atoms with E-state index in [-0.39, 0.29) is 0 Å². The molecule has 1 spiro atoms. The Morgan fingerprint density at radius 3 is 1.52 bits per heavy atom. The molecule has 2 aliphatic rings. The molecule has 2 aromatic heterocycles. The van der Waals surface area contributed by atoms with Crippen LogP contribution in [0.25, 0.3) is 11.4 Å². The molecule has 4 aromatic rings. The van der Waals surface area contributed by atoms with E-state index in [0.717, 1.165) is 0 Å². The number of fused-ring (bicyclic) bond motifs is 10. The second-order valence-corrected chi connectivity index (χ2v) is 9.91. The third-order valence-corrected chi connectivity index (χ3v) is 10.2. The van der Waals surface area contributed by atoms with Crippen molar-refractivity contribution in [2.75, 3.05) is 0 Å². The Kier molecular flexibility index (Phi) is 1.92. The highest BCUT2D eigenvalue weighted by Crippen LogP contribution is 2.26. The lowest BCUT2D eigenvalue weighted by Gasteiger charge is -2.23. The molecular formula is C20H14N2Si. The van der Waals surface area contributed by atoms with Crippen molar-refractivity contribution >= 4 is 29.1 Å². The van der Waals surface area contributed by atoms with Crippen molar-refractivity contribution in [3.8, 4) is 11.4 Å². The Bertz CT molecular complexity index is 998. The van der Waals surface area contributed by atoms with Gasteiger partial charge in [-0.2, -0.15) is 0 Å². The summed E-state index contributed by atoms with van der Waals surface area (Å²) in [6.45, 7) is 0. The molecule has 3 heteroatoms. The van der Waals surface area contributed by atoms with Crippen molar-refractivity contribution in [3.63, 3.8) is 0 Å². The van der Waals surface area contributed by atoms with Crippen molar-refractivity contribution in [1.29, 1.82) is 0 Å². The van der Waals surface area contributed by atoms with Gasteiger partial charge in [0.2, 0.25) is 8.07 Å². The summed E-state index contributed by atoms with van der Waals surface area (Å²) in [6, 6.07) is 26.9. The van der Waals surface area contributed by atoms with Gasteiger partial charge in [-0.3, -0.25) is 0 Å². The van der Waals surface area contributed by atoms with Crippen molar-refractivity contribution in [2.24, 2.45) is 0 Å². The number of aromatic nitrogens is 2. The van der Waals surface area contributed by atoms with Gasteiger partial charge >= 0.3 is 0 Å². The molecule has 2 aromatic carbocycles. The fourth-order valence-electron chi connectivity index (χ4n) is 4.62. The van der Waals surface area contributed by atoms with Gasteiger partial charge in [-0.1, -0.05) is 36.4 Å². The molecule has 2 aliphatic heterocycles.